The van der Waals surface area contributed by atoms with Crippen molar-refractivity contribution in [2.24, 2.45) is 5.92 Å². The number of alkyl halides is 1. The summed E-state index contributed by atoms with van der Waals surface area (Å²) in [6, 6.07) is 10.4. The summed E-state index contributed by atoms with van der Waals surface area (Å²) in [5.74, 6) is 0.536. The van der Waals surface area contributed by atoms with Crippen LogP contribution in [-0.4, -0.2) is 11.6 Å². The second kappa shape index (κ2) is 9.45. The summed E-state index contributed by atoms with van der Waals surface area (Å²) < 4.78 is 6.26. The molecule has 1 aromatic carbocycles. The van der Waals surface area contributed by atoms with Crippen LogP contribution in [-0.2, 0) is 11.3 Å². The van der Waals surface area contributed by atoms with Crippen molar-refractivity contribution in [3.05, 3.63) is 42.4 Å². The number of rotatable bonds is 8. The first-order valence-corrected chi connectivity index (χ1v) is 8.60. The van der Waals surface area contributed by atoms with Gasteiger partial charge in [-0.1, -0.05) is 56.5 Å². The maximum Gasteiger partial charge on any atom is 0.0831 e. The van der Waals surface area contributed by atoms with Crippen LogP contribution in [0, 0.1) is 12.5 Å². The molecule has 0 aliphatic carbocycles. The molecule has 3 heteroatoms. The second-order valence-electron chi connectivity index (χ2n) is 5.90. The van der Waals surface area contributed by atoms with Crippen molar-refractivity contribution >= 4 is 11.6 Å². The molecule has 1 aromatic rings. The van der Waals surface area contributed by atoms with Gasteiger partial charge in [-0.25, -0.2) is 0 Å². The number of unbranched alkanes of at least 4 members (excludes halogenated alkanes) is 2. The van der Waals surface area contributed by atoms with Crippen LogP contribution in [0.4, 0.5) is 0 Å². The molecule has 2 rings (SSSR count). The van der Waals surface area contributed by atoms with Gasteiger partial charge in [-0.3, -0.25) is 5.32 Å². The van der Waals surface area contributed by atoms with E-state index in [1.807, 2.05) is 6.07 Å². The van der Waals surface area contributed by atoms with Crippen molar-refractivity contribution in [1.29, 1.82) is 0 Å². The van der Waals surface area contributed by atoms with Gasteiger partial charge in [-0.2, -0.15) is 0 Å². The summed E-state index contributed by atoms with van der Waals surface area (Å²) in [5.41, 5.74) is 1.30. The fourth-order valence-electron chi connectivity index (χ4n) is 2.91. The molecule has 1 saturated heterocycles. The summed E-state index contributed by atoms with van der Waals surface area (Å²) in [6.45, 7) is 5.05. The standard InChI is InChI=1S/C18H27ClNO/c1-2-3-5-10-17(16-11-12-20-18(19)13-16)21-14-15-8-6-4-7-9-15/h4,6-9,12,16-18,20H,2-3,5,10-11,13-14H2,1H3. The Morgan fingerprint density at radius 1 is 1.29 bits per heavy atom. The van der Waals surface area contributed by atoms with Crippen LogP contribution in [0.5, 0.6) is 0 Å². The van der Waals surface area contributed by atoms with E-state index in [1.54, 1.807) is 0 Å². The van der Waals surface area contributed by atoms with E-state index in [0.717, 1.165) is 19.3 Å². The summed E-state index contributed by atoms with van der Waals surface area (Å²) >= 11 is 6.24. The van der Waals surface area contributed by atoms with Crippen LogP contribution in [0.1, 0.15) is 51.0 Å². The fraction of sp³-hybridized carbons (Fsp3) is 0.611. The van der Waals surface area contributed by atoms with Crippen LogP contribution in [0.15, 0.2) is 30.3 Å². The minimum absolute atomic E-state index is 0.0535. The number of piperidine rings is 1. The SMILES string of the molecule is CCCCCC(OCc1ccccc1)C1C[CH]NC(Cl)C1. The van der Waals surface area contributed by atoms with Gasteiger partial charge >= 0.3 is 0 Å². The van der Waals surface area contributed by atoms with Crippen molar-refractivity contribution < 1.29 is 4.74 Å². The number of ether oxygens (including phenoxy) is 1. The summed E-state index contributed by atoms with van der Waals surface area (Å²) in [6.07, 6.45) is 7.27. The van der Waals surface area contributed by atoms with Crippen molar-refractivity contribution in [3.63, 3.8) is 0 Å². The average Bonchev–Trinajstić information content (AvgIpc) is 2.52. The smallest absolute Gasteiger partial charge is 0.0831 e. The number of halogens is 1. The van der Waals surface area contributed by atoms with E-state index in [1.165, 1.54) is 24.8 Å². The second-order valence-corrected chi connectivity index (χ2v) is 6.43. The van der Waals surface area contributed by atoms with Gasteiger partial charge in [0.05, 0.1) is 18.2 Å². The molecular formula is C18H27ClNO. The van der Waals surface area contributed by atoms with Gasteiger partial charge in [-0.15, -0.1) is 11.6 Å². The third-order valence-electron chi connectivity index (χ3n) is 4.15. The molecule has 1 aliphatic heterocycles. The van der Waals surface area contributed by atoms with E-state index in [2.05, 4.69) is 43.1 Å². The minimum Gasteiger partial charge on any atom is -0.373 e. The topological polar surface area (TPSA) is 21.3 Å². The Morgan fingerprint density at radius 3 is 2.81 bits per heavy atom. The van der Waals surface area contributed by atoms with Gasteiger partial charge < -0.3 is 4.74 Å². The van der Waals surface area contributed by atoms with Crippen molar-refractivity contribution in [3.8, 4) is 0 Å². The zero-order chi connectivity index (χ0) is 14.9. The molecule has 1 N–H and O–H groups in total. The predicted molar refractivity (Wildman–Crippen MR) is 89.0 cm³/mol. The van der Waals surface area contributed by atoms with Crippen molar-refractivity contribution in [2.45, 2.75) is 63.7 Å². The Hall–Kier alpha value is -0.570. The fourth-order valence-corrected chi connectivity index (χ4v) is 3.23. The number of hydrogen-bond acceptors (Lipinski definition) is 2. The first-order valence-electron chi connectivity index (χ1n) is 8.17. The first kappa shape index (κ1) is 16.8. The molecule has 117 valence electrons. The Morgan fingerprint density at radius 2 is 2.10 bits per heavy atom. The van der Waals surface area contributed by atoms with Gasteiger partial charge in [-0.05, 0) is 30.7 Å². The van der Waals surface area contributed by atoms with Crippen LogP contribution in [0.2, 0.25) is 0 Å². The van der Waals surface area contributed by atoms with Gasteiger partial charge in [0, 0.05) is 6.54 Å². The highest BCUT2D eigenvalue weighted by Crippen LogP contribution is 2.29. The van der Waals surface area contributed by atoms with Crippen LogP contribution in [0.3, 0.4) is 0 Å². The molecule has 1 fully saturated rings. The largest absolute Gasteiger partial charge is 0.373 e. The zero-order valence-electron chi connectivity index (χ0n) is 12.9. The van der Waals surface area contributed by atoms with Crippen LogP contribution >= 0.6 is 11.6 Å². The van der Waals surface area contributed by atoms with Gasteiger partial charge in [0.2, 0.25) is 0 Å². The predicted octanol–water partition coefficient (Wildman–Crippen LogP) is 4.88. The van der Waals surface area contributed by atoms with Crippen LogP contribution < -0.4 is 5.32 Å². The molecule has 0 aromatic heterocycles. The normalized spacial score (nSPS) is 23.9. The molecule has 1 radical (unpaired) electrons. The molecule has 21 heavy (non-hydrogen) atoms. The molecule has 0 saturated carbocycles. The van der Waals surface area contributed by atoms with E-state index < -0.39 is 0 Å². The van der Waals surface area contributed by atoms with E-state index >= 15 is 0 Å². The molecule has 3 atom stereocenters. The third kappa shape index (κ3) is 5.98. The Balaban J connectivity index is 1.88. The highest BCUT2D eigenvalue weighted by molar-refractivity contribution is 6.20. The first-order chi connectivity index (χ1) is 10.3. The highest BCUT2D eigenvalue weighted by atomic mass is 35.5. The van der Waals surface area contributed by atoms with Crippen molar-refractivity contribution in [2.75, 3.05) is 0 Å². The number of benzene rings is 1. The van der Waals surface area contributed by atoms with Crippen molar-refractivity contribution in [1.82, 2.24) is 5.32 Å². The Labute approximate surface area is 134 Å². The van der Waals surface area contributed by atoms with Gasteiger partial charge in [0.25, 0.3) is 0 Å². The van der Waals surface area contributed by atoms with E-state index in [9.17, 15) is 0 Å². The lowest BCUT2D eigenvalue weighted by Gasteiger charge is -2.33. The van der Waals surface area contributed by atoms with E-state index in [0.29, 0.717) is 18.6 Å². The van der Waals surface area contributed by atoms with E-state index in [4.69, 9.17) is 16.3 Å². The molecule has 1 heterocycles. The highest BCUT2D eigenvalue weighted by Gasteiger charge is 2.27. The lowest BCUT2D eigenvalue weighted by atomic mass is 9.89. The number of nitrogens with one attached hydrogen (secondary N) is 1. The molecule has 0 bridgehead atoms. The van der Waals surface area contributed by atoms with Gasteiger partial charge in [0.1, 0.15) is 0 Å². The molecule has 2 nitrogen and oxygen atoms in total. The lowest BCUT2D eigenvalue weighted by molar-refractivity contribution is -0.0133. The quantitative estimate of drug-likeness (QED) is 0.420. The third-order valence-corrected chi connectivity index (χ3v) is 4.46. The van der Waals surface area contributed by atoms with Crippen LogP contribution in [0.25, 0.3) is 0 Å². The minimum atomic E-state index is 0.0535. The van der Waals surface area contributed by atoms with Gasteiger partial charge in [0.15, 0.2) is 0 Å². The van der Waals surface area contributed by atoms with E-state index in [-0.39, 0.29) is 5.50 Å². The Kier molecular flexibility index (Phi) is 7.56. The Bertz CT molecular complexity index is 384. The molecule has 3 unspecified atom stereocenters. The summed E-state index contributed by atoms with van der Waals surface area (Å²) in [7, 11) is 0. The molecular weight excluding hydrogens is 282 g/mol. The maximum absolute atomic E-state index is 6.26. The molecule has 0 spiro atoms. The lowest BCUT2D eigenvalue weighted by Crippen LogP contribution is -2.37. The monoisotopic (exact) mass is 308 g/mol. The molecule has 1 aliphatic rings. The number of hydrogen-bond donors (Lipinski definition) is 1. The average molecular weight is 309 g/mol. The zero-order valence-corrected chi connectivity index (χ0v) is 13.7. The summed E-state index contributed by atoms with van der Waals surface area (Å²) in [4.78, 5) is 0. The summed E-state index contributed by atoms with van der Waals surface area (Å²) in [5, 5.41) is 3.19. The molecule has 0 amide bonds. The maximum atomic E-state index is 6.26.